The van der Waals surface area contributed by atoms with Gasteiger partial charge < -0.3 is 24.0 Å². The number of non-ortho nitro benzene ring substituents is 1. The number of nitrogens with zero attached hydrogens (tertiary/aromatic N) is 2. The summed E-state index contributed by atoms with van der Waals surface area (Å²) in [7, 11) is 6.05. The molecular formula is C9H13IN2O2. The van der Waals surface area contributed by atoms with E-state index in [4.69, 9.17) is 0 Å². The van der Waals surface area contributed by atoms with E-state index < -0.39 is 0 Å². The van der Waals surface area contributed by atoms with Crippen LogP contribution in [0, 0.1) is 10.1 Å². The molecule has 0 saturated carbocycles. The fourth-order valence-electron chi connectivity index (χ4n) is 1.02. The van der Waals surface area contributed by atoms with Crippen molar-refractivity contribution in [2.45, 2.75) is 0 Å². The molecule has 1 aromatic carbocycles. The molecule has 0 N–H and O–H groups in total. The van der Waals surface area contributed by atoms with Gasteiger partial charge in [-0.15, -0.1) is 0 Å². The van der Waals surface area contributed by atoms with E-state index in [2.05, 4.69) is 0 Å². The summed E-state index contributed by atoms with van der Waals surface area (Å²) in [4.78, 5) is 9.97. The van der Waals surface area contributed by atoms with Crippen LogP contribution in [0.4, 0.5) is 11.4 Å². The van der Waals surface area contributed by atoms with E-state index in [1.54, 1.807) is 12.1 Å². The molecule has 0 aliphatic carbocycles. The maximum Gasteiger partial charge on any atom is 0.269 e. The number of hydrogen-bond acceptors (Lipinski definition) is 2. The van der Waals surface area contributed by atoms with Crippen molar-refractivity contribution < 1.29 is 28.9 Å². The van der Waals surface area contributed by atoms with Crippen LogP contribution in [0.25, 0.3) is 0 Å². The van der Waals surface area contributed by atoms with Gasteiger partial charge in [0.1, 0.15) is 5.69 Å². The number of rotatable bonds is 2. The number of hydrogen-bond donors (Lipinski definition) is 0. The van der Waals surface area contributed by atoms with Crippen molar-refractivity contribution in [3.05, 3.63) is 34.4 Å². The van der Waals surface area contributed by atoms with E-state index in [9.17, 15) is 10.1 Å². The molecule has 0 aliphatic heterocycles. The van der Waals surface area contributed by atoms with E-state index in [0.29, 0.717) is 4.48 Å². The molecule has 0 radical (unpaired) electrons. The molecule has 1 rings (SSSR count). The Labute approximate surface area is 100 Å². The molecule has 0 aromatic heterocycles. The third-order valence-electron chi connectivity index (χ3n) is 1.84. The van der Waals surface area contributed by atoms with Crippen molar-refractivity contribution in [3.8, 4) is 0 Å². The van der Waals surface area contributed by atoms with Gasteiger partial charge in [0.2, 0.25) is 0 Å². The number of benzene rings is 1. The lowest BCUT2D eigenvalue weighted by molar-refractivity contribution is -0.384. The van der Waals surface area contributed by atoms with Crippen LogP contribution >= 0.6 is 0 Å². The predicted octanol–water partition coefficient (Wildman–Crippen LogP) is -1.20. The van der Waals surface area contributed by atoms with Crippen LogP contribution in [0.5, 0.6) is 0 Å². The molecule has 0 unspecified atom stereocenters. The van der Waals surface area contributed by atoms with Crippen LogP contribution in [-0.2, 0) is 0 Å². The van der Waals surface area contributed by atoms with Gasteiger partial charge in [-0.05, 0) is 0 Å². The van der Waals surface area contributed by atoms with E-state index in [0.717, 1.165) is 5.69 Å². The summed E-state index contributed by atoms with van der Waals surface area (Å²) in [5.41, 5.74) is 1.18. The smallest absolute Gasteiger partial charge is 0.269 e. The van der Waals surface area contributed by atoms with Crippen LogP contribution in [0.3, 0.4) is 0 Å². The number of nitro benzene ring substituents is 1. The number of quaternary nitrogens is 1. The van der Waals surface area contributed by atoms with E-state index in [-0.39, 0.29) is 34.6 Å². The molecule has 4 nitrogen and oxygen atoms in total. The predicted molar refractivity (Wildman–Crippen MR) is 52.7 cm³/mol. The lowest BCUT2D eigenvalue weighted by Crippen LogP contribution is -3.00. The van der Waals surface area contributed by atoms with Gasteiger partial charge in [0, 0.05) is 24.3 Å². The van der Waals surface area contributed by atoms with Crippen molar-refractivity contribution in [1.82, 2.24) is 4.48 Å². The van der Waals surface area contributed by atoms with Crippen LogP contribution in [-0.4, -0.2) is 26.1 Å². The number of halogens is 1. The second-order valence-corrected chi connectivity index (χ2v) is 3.79. The van der Waals surface area contributed by atoms with Gasteiger partial charge in [-0.1, -0.05) is 0 Å². The molecule has 0 amide bonds. The molecule has 0 saturated heterocycles. The van der Waals surface area contributed by atoms with Gasteiger partial charge in [-0.2, -0.15) is 0 Å². The SMILES string of the molecule is C[N+](C)(C)c1ccc([N+](=O)[O-])cc1.[I-]. The fraction of sp³-hybridized carbons (Fsp3) is 0.333. The van der Waals surface area contributed by atoms with Crippen LogP contribution in [0.1, 0.15) is 0 Å². The van der Waals surface area contributed by atoms with Crippen molar-refractivity contribution in [3.63, 3.8) is 0 Å². The average Bonchev–Trinajstić information content (AvgIpc) is 2.03. The van der Waals surface area contributed by atoms with Gasteiger partial charge in [-0.25, -0.2) is 0 Å². The second-order valence-electron chi connectivity index (χ2n) is 3.79. The number of nitro groups is 1. The summed E-state index contributed by atoms with van der Waals surface area (Å²) in [5, 5.41) is 10.4. The van der Waals surface area contributed by atoms with Gasteiger partial charge in [0.25, 0.3) is 5.69 Å². The first-order valence-corrected chi connectivity index (χ1v) is 3.98. The van der Waals surface area contributed by atoms with Crippen LogP contribution in [0.15, 0.2) is 24.3 Å². The summed E-state index contributed by atoms with van der Waals surface area (Å²) in [6.07, 6.45) is 0. The lowest BCUT2D eigenvalue weighted by atomic mass is 10.2. The molecule has 0 heterocycles. The lowest BCUT2D eigenvalue weighted by Gasteiger charge is -2.22. The summed E-state index contributed by atoms with van der Waals surface area (Å²) in [5.74, 6) is 0. The van der Waals surface area contributed by atoms with Gasteiger partial charge in [0.05, 0.1) is 26.1 Å². The van der Waals surface area contributed by atoms with Crippen LogP contribution in [0.2, 0.25) is 0 Å². The Bertz CT molecular complexity index is 317. The first-order chi connectivity index (χ1) is 5.91. The normalized spacial score (nSPS) is 10.5. The fourth-order valence-corrected chi connectivity index (χ4v) is 1.02. The van der Waals surface area contributed by atoms with Crippen LogP contribution < -0.4 is 28.5 Å². The van der Waals surface area contributed by atoms with E-state index in [1.807, 2.05) is 21.1 Å². The van der Waals surface area contributed by atoms with Gasteiger partial charge in [-0.3, -0.25) is 14.6 Å². The minimum atomic E-state index is -0.389. The Morgan fingerprint density at radius 2 is 1.57 bits per heavy atom. The quantitative estimate of drug-likeness (QED) is 0.298. The molecule has 0 bridgehead atoms. The summed E-state index contributed by atoms with van der Waals surface area (Å²) >= 11 is 0. The largest absolute Gasteiger partial charge is 1.00 e. The zero-order valence-corrected chi connectivity index (χ0v) is 10.6. The van der Waals surface area contributed by atoms with E-state index >= 15 is 0 Å². The standard InChI is InChI=1S/C9H13N2O2.HI/c1-11(2,3)9-6-4-8(5-7-9)10(12)13;/h4-7H,1-3H3;1H/q+1;/p-1. The van der Waals surface area contributed by atoms with Crippen molar-refractivity contribution in [2.75, 3.05) is 21.1 Å². The maximum atomic E-state index is 10.4. The van der Waals surface area contributed by atoms with Crippen molar-refractivity contribution >= 4 is 11.4 Å². The molecular weight excluding hydrogens is 295 g/mol. The highest BCUT2D eigenvalue weighted by atomic mass is 127. The average molecular weight is 308 g/mol. The molecule has 1 aromatic rings. The Morgan fingerprint density at radius 1 is 1.14 bits per heavy atom. The van der Waals surface area contributed by atoms with Gasteiger partial charge >= 0.3 is 0 Å². The summed E-state index contributed by atoms with van der Waals surface area (Å²) < 4.78 is 0.665. The summed E-state index contributed by atoms with van der Waals surface area (Å²) in [6, 6.07) is 6.61. The first-order valence-electron chi connectivity index (χ1n) is 3.98. The maximum absolute atomic E-state index is 10.4. The highest BCUT2D eigenvalue weighted by Crippen LogP contribution is 2.20. The monoisotopic (exact) mass is 308 g/mol. The molecule has 14 heavy (non-hydrogen) atoms. The molecule has 0 atom stereocenters. The minimum Gasteiger partial charge on any atom is -1.00 e. The zero-order valence-electron chi connectivity index (χ0n) is 8.40. The Hall–Kier alpha value is -0.690. The third-order valence-corrected chi connectivity index (χ3v) is 1.84. The molecule has 0 fully saturated rings. The Balaban J connectivity index is 0.00000169. The molecule has 5 heteroatoms. The topological polar surface area (TPSA) is 43.1 Å². The van der Waals surface area contributed by atoms with Crippen molar-refractivity contribution in [1.29, 1.82) is 0 Å². The summed E-state index contributed by atoms with van der Waals surface area (Å²) in [6.45, 7) is 0. The Morgan fingerprint density at radius 3 is 1.86 bits per heavy atom. The highest BCUT2D eigenvalue weighted by Gasteiger charge is 2.13. The third kappa shape index (κ3) is 3.22. The Kier molecular flexibility index (Phi) is 4.47. The highest BCUT2D eigenvalue weighted by molar-refractivity contribution is 5.46. The van der Waals surface area contributed by atoms with E-state index in [1.165, 1.54) is 12.1 Å². The first kappa shape index (κ1) is 13.3. The van der Waals surface area contributed by atoms with Gasteiger partial charge in [0.15, 0.2) is 0 Å². The minimum absolute atomic E-state index is 0. The zero-order chi connectivity index (χ0) is 10.1. The molecule has 0 spiro atoms. The second kappa shape index (κ2) is 4.70. The molecule has 0 aliphatic rings. The van der Waals surface area contributed by atoms with Crippen molar-refractivity contribution in [2.24, 2.45) is 0 Å². The molecule has 78 valence electrons.